The van der Waals surface area contributed by atoms with E-state index in [1.54, 1.807) is 0 Å². The zero-order valence-electron chi connectivity index (χ0n) is 12.4. The van der Waals surface area contributed by atoms with Crippen LogP contribution >= 0.6 is 0 Å². The highest BCUT2D eigenvalue weighted by Crippen LogP contribution is 2.14. The van der Waals surface area contributed by atoms with Crippen molar-refractivity contribution in [2.75, 3.05) is 0 Å². The Morgan fingerprint density at radius 3 is 2.55 bits per heavy atom. The van der Waals surface area contributed by atoms with Gasteiger partial charge in [0.05, 0.1) is 11.4 Å². The van der Waals surface area contributed by atoms with Crippen LogP contribution in [0.25, 0.3) is 0 Å². The number of halogens is 1. The predicted molar refractivity (Wildman–Crippen MR) is 78.9 cm³/mol. The molecule has 0 aliphatic carbocycles. The number of nitrogens with one attached hydrogen (secondary N) is 1. The topological polar surface area (TPSA) is 29.9 Å². The largest absolute Gasteiger partial charge is 0.305 e. The van der Waals surface area contributed by atoms with Crippen molar-refractivity contribution in [2.45, 2.75) is 46.3 Å². The van der Waals surface area contributed by atoms with Crippen molar-refractivity contribution in [1.82, 2.24) is 15.1 Å². The molecule has 108 valence electrons. The van der Waals surface area contributed by atoms with Gasteiger partial charge in [0, 0.05) is 19.1 Å². The van der Waals surface area contributed by atoms with Gasteiger partial charge in [0.15, 0.2) is 0 Å². The molecule has 2 aromatic rings. The zero-order chi connectivity index (χ0) is 14.5. The van der Waals surface area contributed by atoms with Crippen molar-refractivity contribution >= 4 is 0 Å². The van der Waals surface area contributed by atoms with Gasteiger partial charge >= 0.3 is 0 Å². The second-order valence-corrected chi connectivity index (χ2v) is 4.95. The lowest BCUT2D eigenvalue weighted by Gasteiger charge is -2.14. The van der Waals surface area contributed by atoms with E-state index in [-0.39, 0.29) is 11.9 Å². The highest BCUT2D eigenvalue weighted by atomic mass is 19.1. The highest BCUT2D eigenvalue weighted by molar-refractivity contribution is 5.19. The van der Waals surface area contributed by atoms with Crippen LogP contribution in [0, 0.1) is 5.82 Å². The van der Waals surface area contributed by atoms with Gasteiger partial charge in [-0.25, -0.2) is 4.39 Å². The van der Waals surface area contributed by atoms with Crippen LogP contribution in [-0.4, -0.2) is 9.78 Å². The van der Waals surface area contributed by atoms with Gasteiger partial charge in [0.25, 0.3) is 0 Å². The van der Waals surface area contributed by atoms with Crippen molar-refractivity contribution < 1.29 is 4.39 Å². The van der Waals surface area contributed by atoms with E-state index in [2.05, 4.69) is 37.3 Å². The molecule has 0 spiro atoms. The van der Waals surface area contributed by atoms with Crippen molar-refractivity contribution in [1.29, 1.82) is 0 Å². The van der Waals surface area contributed by atoms with Gasteiger partial charge in [0.2, 0.25) is 0 Å². The Hall–Kier alpha value is -1.68. The fourth-order valence-corrected chi connectivity index (χ4v) is 2.23. The summed E-state index contributed by atoms with van der Waals surface area (Å²) in [6, 6.07) is 8.97. The van der Waals surface area contributed by atoms with Crippen LogP contribution in [0.4, 0.5) is 4.39 Å². The molecule has 0 bridgehead atoms. The molecule has 2 rings (SSSR count). The van der Waals surface area contributed by atoms with Crippen LogP contribution in [0.15, 0.2) is 30.3 Å². The van der Waals surface area contributed by atoms with Crippen LogP contribution in [0.1, 0.15) is 43.8 Å². The number of rotatable bonds is 6. The fourth-order valence-electron chi connectivity index (χ4n) is 2.23. The molecule has 0 saturated heterocycles. The summed E-state index contributed by atoms with van der Waals surface area (Å²) < 4.78 is 14.9. The van der Waals surface area contributed by atoms with Gasteiger partial charge in [-0.15, -0.1) is 0 Å². The minimum absolute atomic E-state index is 0.181. The summed E-state index contributed by atoms with van der Waals surface area (Å²) >= 11 is 0. The van der Waals surface area contributed by atoms with E-state index < -0.39 is 0 Å². The fraction of sp³-hybridized carbons (Fsp3) is 0.438. The molecule has 3 nitrogen and oxygen atoms in total. The Morgan fingerprint density at radius 2 is 1.95 bits per heavy atom. The van der Waals surface area contributed by atoms with Gasteiger partial charge in [-0.05, 0) is 44.0 Å². The van der Waals surface area contributed by atoms with E-state index in [1.165, 1.54) is 17.8 Å². The standard InChI is InChI=1S/C16H22FN3/c1-4-15-10-16(20(5-2)19-15)11-18-12(3)13-6-8-14(17)9-7-13/h6-10,12,18H,4-5,11H2,1-3H3. The first-order chi connectivity index (χ1) is 9.63. The van der Waals surface area contributed by atoms with Crippen molar-refractivity contribution in [3.05, 3.63) is 53.1 Å². The first-order valence-corrected chi connectivity index (χ1v) is 7.18. The van der Waals surface area contributed by atoms with Crippen molar-refractivity contribution in [2.24, 2.45) is 0 Å². The quantitative estimate of drug-likeness (QED) is 0.875. The SMILES string of the molecule is CCc1cc(CNC(C)c2ccc(F)cc2)n(CC)n1. The minimum atomic E-state index is -0.197. The first kappa shape index (κ1) is 14.7. The monoisotopic (exact) mass is 275 g/mol. The lowest BCUT2D eigenvalue weighted by Crippen LogP contribution is -2.20. The molecule has 0 aliphatic heterocycles. The van der Waals surface area contributed by atoms with Crippen LogP contribution in [0.3, 0.4) is 0 Å². The zero-order valence-corrected chi connectivity index (χ0v) is 12.4. The van der Waals surface area contributed by atoms with E-state index in [0.29, 0.717) is 0 Å². The van der Waals surface area contributed by atoms with Gasteiger partial charge in [-0.3, -0.25) is 4.68 Å². The summed E-state index contributed by atoms with van der Waals surface area (Å²) in [6.45, 7) is 7.93. The molecule has 0 saturated carbocycles. The molecule has 0 fully saturated rings. The van der Waals surface area contributed by atoms with Crippen LogP contribution in [0.2, 0.25) is 0 Å². The number of hydrogen-bond donors (Lipinski definition) is 1. The van der Waals surface area contributed by atoms with Gasteiger partial charge in [-0.2, -0.15) is 5.10 Å². The number of hydrogen-bond acceptors (Lipinski definition) is 2. The Morgan fingerprint density at radius 1 is 1.25 bits per heavy atom. The third-order valence-corrected chi connectivity index (χ3v) is 3.54. The molecule has 1 N–H and O–H groups in total. The van der Waals surface area contributed by atoms with Gasteiger partial charge in [0.1, 0.15) is 5.82 Å². The first-order valence-electron chi connectivity index (χ1n) is 7.18. The van der Waals surface area contributed by atoms with Crippen LogP contribution in [-0.2, 0) is 19.5 Å². The maximum atomic E-state index is 12.9. The molecule has 1 atom stereocenters. The van der Waals surface area contributed by atoms with Crippen LogP contribution < -0.4 is 5.32 Å². The van der Waals surface area contributed by atoms with E-state index in [1.807, 2.05) is 16.8 Å². The summed E-state index contributed by atoms with van der Waals surface area (Å²) in [7, 11) is 0. The normalized spacial score (nSPS) is 12.6. The smallest absolute Gasteiger partial charge is 0.123 e. The third kappa shape index (κ3) is 3.45. The lowest BCUT2D eigenvalue weighted by molar-refractivity contribution is 0.529. The van der Waals surface area contributed by atoms with Crippen molar-refractivity contribution in [3.63, 3.8) is 0 Å². The molecular formula is C16H22FN3. The van der Waals surface area contributed by atoms with E-state index >= 15 is 0 Å². The Kier molecular flexibility index (Phi) is 4.90. The molecule has 1 unspecified atom stereocenters. The number of aryl methyl sites for hydroxylation is 2. The summed E-state index contributed by atoms with van der Waals surface area (Å²) in [4.78, 5) is 0. The number of aromatic nitrogens is 2. The average Bonchev–Trinajstić information content (AvgIpc) is 2.88. The molecule has 4 heteroatoms. The average molecular weight is 275 g/mol. The summed E-state index contributed by atoms with van der Waals surface area (Å²) in [6.07, 6.45) is 0.952. The minimum Gasteiger partial charge on any atom is -0.305 e. The van der Waals surface area contributed by atoms with Gasteiger partial charge in [-0.1, -0.05) is 19.1 Å². The molecule has 20 heavy (non-hydrogen) atoms. The maximum Gasteiger partial charge on any atom is 0.123 e. The Balaban J connectivity index is 2.00. The van der Waals surface area contributed by atoms with E-state index in [0.717, 1.165) is 30.8 Å². The maximum absolute atomic E-state index is 12.9. The highest BCUT2D eigenvalue weighted by Gasteiger charge is 2.09. The molecule has 1 aromatic heterocycles. The summed E-state index contributed by atoms with van der Waals surface area (Å²) in [5.41, 5.74) is 3.40. The molecule has 0 amide bonds. The molecule has 1 aromatic carbocycles. The van der Waals surface area contributed by atoms with Crippen molar-refractivity contribution in [3.8, 4) is 0 Å². The Bertz CT molecular complexity index is 545. The lowest BCUT2D eigenvalue weighted by atomic mass is 10.1. The second kappa shape index (κ2) is 6.66. The van der Waals surface area contributed by atoms with E-state index in [9.17, 15) is 4.39 Å². The third-order valence-electron chi connectivity index (χ3n) is 3.54. The van der Waals surface area contributed by atoms with E-state index in [4.69, 9.17) is 0 Å². The van der Waals surface area contributed by atoms with Gasteiger partial charge < -0.3 is 5.32 Å². The summed E-state index contributed by atoms with van der Waals surface area (Å²) in [5, 5.41) is 8.00. The Labute approximate surface area is 119 Å². The molecule has 1 heterocycles. The number of benzene rings is 1. The molecule has 0 aliphatic rings. The number of nitrogens with zero attached hydrogens (tertiary/aromatic N) is 2. The molecular weight excluding hydrogens is 253 g/mol. The summed E-state index contributed by atoms with van der Waals surface area (Å²) in [5.74, 6) is -0.197. The second-order valence-electron chi connectivity index (χ2n) is 4.95. The predicted octanol–water partition coefficient (Wildman–Crippen LogP) is 3.46. The molecule has 0 radical (unpaired) electrons. The van der Waals surface area contributed by atoms with Crippen LogP contribution in [0.5, 0.6) is 0 Å².